The Balaban J connectivity index is 1.54. The molecule has 0 radical (unpaired) electrons. The number of amides is 1. The molecule has 0 bridgehead atoms. The standard InChI is InChI=1S/C28H34N2O/c1-2-3-4-7-22-11-14-26(15-12-22)30(27-16-18-29-19-17-27)28(31)21-23-10-13-24-8-5-6-9-25(24)20-23/h5-6,8-15,20,27,29H,2-4,7,16-19,21H2,1H3. The quantitative estimate of drug-likeness (QED) is 0.465. The van der Waals surface area contributed by atoms with E-state index in [0.29, 0.717) is 6.42 Å². The maximum atomic E-state index is 13.5. The largest absolute Gasteiger partial charge is 0.317 e. The summed E-state index contributed by atoms with van der Waals surface area (Å²) >= 11 is 0. The Morgan fingerprint density at radius 3 is 2.35 bits per heavy atom. The summed E-state index contributed by atoms with van der Waals surface area (Å²) in [6, 6.07) is 23.7. The first-order chi connectivity index (χ1) is 15.2. The number of nitrogens with one attached hydrogen (secondary N) is 1. The van der Waals surface area contributed by atoms with Gasteiger partial charge in [-0.1, -0.05) is 74.4 Å². The van der Waals surface area contributed by atoms with E-state index in [0.717, 1.165) is 43.6 Å². The van der Waals surface area contributed by atoms with E-state index in [9.17, 15) is 4.79 Å². The van der Waals surface area contributed by atoms with Crippen molar-refractivity contribution in [3.8, 4) is 0 Å². The van der Waals surface area contributed by atoms with Crippen LogP contribution in [0, 0.1) is 0 Å². The average molecular weight is 415 g/mol. The van der Waals surface area contributed by atoms with Crippen LogP contribution in [0.15, 0.2) is 66.7 Å². The first-order valence-corrected chi connectivity index (χ1v) is 11.8. The summed E-state index contributed by atoms with van der Waals surface area (Å²) in [4.78, 5) is 15.6. The molecule has 1 saturated heterocycles. The fourth-order valence-corrected chi connectivity index (χ4v) is 4.63. The smallest absolute Gasteiger partial charge is 0.231 e. The van der Waals surface area contributed by atoms with E-state index in [2.05, 4.69) is 83.9 Å². The second-order valence-electron chi connectivity index (χ2n) is 8.73. The number of aryl methyl sites for hydroxylation is 1. The summed E-state index contributed by atoms with van der Waals surface area (Å²) in [5.41, 5.74) is 3.49. The molecule has 0 saturated carbocycles. The van der Waals surface area contributed by atoms with Crippen LogP contribution in [0.4, 0.5) is 5.69 Å². The summed E-state index contributed by atoms with van der Waals surface area (Å²) in [7, 11) is 0. The minimum atomic E-state index is 0.195. The molecule has 0 atom stereocenters. The van der Waals surface area contributed by atoms with Crippen LogP contribution < -0.4 is 10.2 Å². The summed E-state index contributed by atoms with van der Waals surface area (Å²) in [6.45, 7) is 4.18. The lowest BCUT2D eigenvalue weighted by molar-refractivity contribution is -0.118. The van der Waals surface area contributed by atoms with Crippen LogP contribution in [0.1, 0.15) is 50.2 Å². The molecule has 4 rings (SSSR count). The fraction of sp³-hybridized carbons (Fsp3) is 0.393. The number of carbonyl (C=O) groups excluding carboxylic acids is 1. The van der Waals surface area contributed by atoms with Crippen molar-refractivity contribution in [1.82, 2.24) is 5.32 Å². The molecular formula is C28H34N2O. The molecule has 0 aliphatic carbocycles. The predicted molar refractivity (Wildman–Crippen MR) is 131 cm³/mol. The molecule has 1 N–H and O–H groups in total. The maximum Gasteiger partial charge on any atom is 0.231 e. The van der Waals surface area contributed by atoms with Gasteiger partial charge in [0, 0.05) is 11.7 Å². The zero-order chi connectivity index (χ0) is 21.5. The number of rotatable bonds is 8. The molecule has 3 aromatic rings. The molecular weight excluding hydrogens is 380 g/mol. The van der Waals surface area contributed by atoms with E-state index in [1.165, 1.54) is 35.6 Å². The number of hydrogen-bond donors (Lipinski definition) is 1. The topological polar surface area (TPSA) is 32.3 Å². The highest BCUT2D eigenvalue weighted by Crippen LogP contribution is 2.25. The highest BCUT2D eigenvalue weighted by Gasteiger charge is 2.26. The van der Waals surface area contributed by atoms with Crippen molar-refractivity contribution in [2.24, 2.45) is 0 Å². The Bertz CT molecular complexity index is 989. The van der Waals surface area contributed by atoms with Crippen LogP contribution in [0.3, 0.4) is 0 Å². The third-order valence-electron chi connectivity index (χ3n) is 6.40. The van der Waals surface area contributed by atoms with Crippen molar-refractivity contribution in [2.45, 2.75) is 57.9 Å². The number of unbranched alkanes of at least 4 members (excludes halogenated alkanes) is 2. The second-order valence-corrected chi connectivity index (χ2v) is 8.73. The number of fused-ring (bicyclic) bond motifs is 1. The minimum absolute atomic E-state index is 0.195. The van der Waals surface area contributed by atoms with Crippen molar-refractivity contribution in [2.75, 3.05) is 18.0 Å². The van der Waals surface area contributed by atoms with Gasteiger partial charge in [0.05, 0.1) is 6.42 Å². The third kappa shape index (κ3) is 5.54. The van der Waals surface area contributed by atoms with Gasteiger partial charge in [0.2, 0.25) is 5.91 Å². The number of benzene rings is 3. The summed E-state index contributed by atoms with van der Waals surface area (Å²) in [5.74, 6) is 0.195. The third-order valence-corrected chi connectivity index (χ3v) is 6.40. The lowest BCUT2D eigenvalue weighted by atomic mass is 10.00. The van der Waals surface area contributed by atoms with Gasteiger partial charge in [-0.05, 0) is 72.8 Å². The molecule has 162 valence electrons. The van der Waals surface area contributed by atoms with Crippen LogP contribution >= 0.6 is 0 Å². The van der Waals surface area contributed by atoms with Gasteiger partial charge in [-0.3, -0.25) is 4.79 Å². The van der Waals surface area contributed by atoms with Crippen LogP contribution in [-0.4, -0.2) is 25.0 Å². The van der Waals surface area contributed by atoms with Gasteiger partial charge in [-0.2, -0.15) is 0 Å². The molecule has 3 aromatic carbocycles. The molecule has 3 heteroatoms. The number of nitrogens with zero attached hydrogens (tertiary/aromatic N) is 1. The first kappa shape index (κ1) is 21.6. The lowest BCUT2D eigenvalue weighted by Gasteiger charge is -2.35. The molecule has 1 aliphatic heterocycles. The minimum Gasteiger partial charge on any atom is -0.317 e. The van der Waals surface area contributed by atoms with Crippen LogP contribution in [0.2, 0.25) is 0 Å². The van der Waals surface area contributed by atoms with Crippen molar-refractivity contribution >= 4 is 22.4 Å². The molecule has 0 spiro atoms. The van der Waals surface area contributed by atoms with Gasteiger partial charge in [0.1, 0.15) is 0 Å². The van der Waals surface area contributed by atoms with Gasteiger partial charge < -0.3 is 10.2 Å². The fourth-order valence-electron chi connectivity index (χ4n) is 4.63. The Morgan fingerprint density at radius 1 is 0.903 bits per heavy atom. The Hall–Kier alpha value is -2.65. The first-order valence-electron chi connectivity index (χ1n) is 11.8. The molecule has 1 amide bonds. The van der Waals surface area contributed by atoms with Gasteiger partial charge >= 0.3 is 0 Å². The molecule has 1 aliphatic rings. The van der Waals surface area contributed by atoms with Crippen molar-refractivity contribution in [3.05, 3.63) is 77.9 Å². The second kappa shape index (κ2) is 10.6. The zero-order valence-corrected chi connectivity index (χ0v) is 18.6. The number of anilines is 1. The van der Waals surface area contributed by atoms with E-state index in [-0.39, 0.29) is 11.9 Å². The van der Waals surface area contributed by atoms with E-state index < -0.39 is 0 Å². The summed E-state index contributed by atoms with van der Waals surface area (Å²) < 4.78 is 0. The zero-order valence-electron chi connectivity index (χ0n) is 18.6. The van der Waals surface area contributed by atoms with Crippen molar-refractivity contribution in [3.63, 3.8) is 0 Å². The number of carbonyl (C=O) groups is 1. The lowest BCUT2D eigenvalue weighted by Crippen LogP contribution is -2.47. The SMILES string of the molecule is CCCCCc1ccc(N(C(=O)Cc2ccc3ccccc3c2)C2CCNCC2)cc1. The van der Waals surface area contributed by atoms with E-state index in [1.807, 2.05) is 0 Å². The van der Waals surface area contributed by atoms with Crippen LogP contribution in [0.5, 0.6) is 0 Å². The van der Waals surface area contributed by atoms with Gasteiger partial charge in [0.25, 0.3) is 0 Å². The van der Waals surface area contributed by atoms with Gasteiger partial charge in [0.15, 0.2) is 0 Å². The van der Waals surface area contributed by atoms with E-state index in [4.69, 9.17) is 0 Å². The van der Waals surface area contributed by atoms with Crippen molar-refractivity contribution in [1.29, 1.82) is 0 Å². The molecule has 0 aromatic heterocycles. The Morgan fingerprint density at radius 2 is 1.61 bits per heavy atom. The molecule has 1 heterocycles. The average Bonchev–Trinajstić information content (AvgIpc) is 2.81. The van der Waals surface area contributed by atoms with E-state index >= 15 is 0 Å². The maximum absolute atomic E-state index is 13.5. The van der Waals surface area contributed by atoms with Crippen LogP contribution in [0.25, 0.3) is 10.8 Å². The monoisotopic (exact) mass is 414 g/mol. The summed E-state index contributed by atoms with van der Waals surface area (Å²) in [6.07, 6.45) is 7.30. The van der Waals surface area contributed by atoms with E-state index in [1.54, 1.807) is 0 Å². The molecule has 3 nitrogen and oxygen atoms in total. The highest BCUT2D eigenvalue weighted by atomic mass is 16.2. The molecule has 31 heavy (non-hydrogen) atoms. The normalized spacial score (nSPS) is 14.6. The number of hydrogen-bond acceptors (Lipinski definition) is 2. The van der Waals surface area contributed by atoms with Crippen molar-refractivity contribution < 1.29 is 4.79 Å². The molecule has 0 unspecified atom stereocenters. The highest BCUT2D eigenvalue weighted by molar-refractivity contribution is 5.96. The van der Waals surface area contributed by atoms with Crippen LogP contribution in [-0.2, 0) is 17.6 Å². The Labute approximate surface area is 186 Å². The van der Waals surface area contributed by atoms with Gasteiger partial charge in [-0.25, -0.2) is 0 Å². The Kier molecular flexibility index (Phi) is 7.37. The summed E-state index contributed by atoms with van der Waals surface area (Å²) in [5, 5.41) is 5.84. The molecule has 1 fully saturated rings. The number of piperidine rings is 1. The van der Waals surface area contributed by atoms with Gasteiger partial charge in [-0.15, -0.1) is 0 Å². The predicted octanol–water partition coefficient (Wildman–Crippen LogP) is 5.90.